The number of unbranched alkanes of at least 4 members (excludes halogenated alkanes) is 1. The van der Waals surface area contributed by atoms with Crippen LogP contribution in [0.2, 0.25) is 18.1 Å². The first-order valence-electron chi connectivity index (χ1n) is 15.9. The number of aryl methyl sites for hydroxylation is 3. The molecule has 228 valence electrons. The van der Waals surface area contributed by atoms with Gasteiger partial charge in [0, 0.05) is 12.0 Å². The molecule has 0 amide bonds. The number of benzene rings is 3. The van der Waals surface area contributed by atoms with E-state index in [1.165, 1.54) is 11.1 Å². The van der Waals surface area contributed by atoms with Crippen LogP contribution in [-0.4, -0.2) is 17.9 Å². The Balaban J connectivity index is 1.52. The first-order valence-corrected chi connectivity index (χ1v) is 18.8. The summed E-state index contributed by atoms with van der Waals surface area (Å²) >= 11 is 0. The van der Waals surface area contributed by atoms with Gasteiger partial charge in [-0.1, -0.05) is 82.6 Å². The van der Waals surface area contributed by atoms with Crippen molar-refractivity contribution in [1.82, 2.24) is 9.55 Å². The van der Waals surface area contributed by atoms with Gasteiger partial charge in [-0.15, -0.1) is 0 Å². The zero-order valence-electron chi connectivity index (χ0n) is 27.3. The maximum atomic E-state index is 14.4. The molecule has 1 aliphatic rings. The summed E-state index contributed by atoms with van der Waals surface area (Å²) < 4.78 is 8.68. The zero-order valence-corrected chi connectivity index (χ0v) is 28.3. The summed E-state index contributed by atoms with van der Waals surface area (Å²) in [6.07, 6.45) is 5.35. The van der Waals surface area contributed by atoms with E-state index in [0.717, 1.165) is 65.7 Å². The summed E-state index contributed by atoms with van der Waals surface area (Å²) in [5, 5.41) is 9.68. The van der Waals surface area contributed by atoms with Gasteiger partial charge in [-0.2, -0.15) is 5.26 Å². The third-order valence-electron chi connectivity index (χ3n) is 9.54. The van der Waals surface area contributed by atoms with Gasteiger partial charge in [-0.05, 0) is 96.8 Å². The van der Waals surface area contributed by atoms with Gasteiger partial charge in [0.1, 0.15) is 5.82 Å². The molecule has 1 unspecified atom stereocenters. The SMILES string of the molecule is CCCCc1nc(C)n(-c2ccc3c(c2)C(O[Si](C)(C)C(C)(C)C)CC3)c(=O)c1Cc1ccc(-c2ccccc2C#N)cc1. The van der Waals surface area contributed by atoms with Gasteiger partial charge in [-0.3, -0.25) is 9.36 Å². The van der Waals surface area contributed by atoms with E-state index in [9.17, 15) is 10.1 Å². The summed E-state index contributed by atoms with van der Waals surface area (Å²) in [7, 11) is -1.96. The van der Waals surface area contributed by atoms with Crippen molar-refractivity contribution in [2.75, 3.05) is 0 Å². The lowest BCUT2D eigenvalue weighted by molar-refractivity contribution is 0.185. The Kier molecular flexibility index (Phi) is 9.11. The highest BCUT2D eigenvalue weighted by atomic mass is 28.4. The fourth-order valence-corrected chi connectivity index (χ4v) is 7.24. The summed E-state index contributed by atoms with van der Waals surface area (Å²) in [5.41, 5.74) is 8.64. The van der Waals surface area contributed by atoms with Crippen LogP contribution >= 0.6 is 0 Å². The minimum atomic E-state index is -1.96. The Hall–Kier alpha value is -3.79. The molecule has 3 aromatic carbocycles. The molecule has 5 nitrogen and oxygen atoms in total. The molecule has 6 heteroatoms. The van der Waals surface area contributed by atoms with E-state index in [2.05, 4.69) is 77.2 Å². The van der Waals surface area contributed by atoms with Crippen LogP contribution in [-0.2, 0) is 23.7 Å². The van der Waals surface area contributed by atoms with Crippen LogP contribution in [0.4, 0.5) is 0 Å². The Morgan fingerprint density at radius 1 is 1.07 bits per heavy atom. The molecule has 4 aromatic rings. The molecule has 0 radical (unpaired) electrons. The van der Waals surface area contributed by atoms with Gasteiger partial charge in [-0.25, -0.2) is 4.98 Å². The lowest BCUT2D eigenvalue weighted by Crippen LogP contribution is -2.41. The van der Waals surface area contributed by atoms with E-state index in [4.69, 9.17) is 9.41 Å². The first-order chi connectivity index (χ1) is 20.9. The molecule has 0 saturated heterocycles. The zero-order chi connectivity index (χ0) is 31.6. The molecule has 0 saturated carbocycles. The van der Waals surface area contributed by atoms with Crippen LogP contribution in [0, 0.1) is 18.3 Å². The maximum absolute atomic E-state index is 14.4. The van der Waals surface area contributed by atoms with Gasteiger partial charge in [0.2, 0.25) is 0 Å². The molecule has 1 aromatic heterocycles. The second-order valence-corrected chi connectivity index (χ2v) is 18.4. The van der Waals surface area contributed by atoms with Crippen molar-refractivity contribution >= 4 is 8.32 Å². The number of nitriles is 1. The third kappa shape index (κ3) is 6.36. The predicted molar refractivity (Wildman–Crippen MR) is 182 cm³/mol. The molecule has 1 atom stereocenters. The fraction of sp³-hybridized carbons (Fsp3) is 0.395. The number of fused-ring (bicyclic) bond motifs is 1. The Morgan fingerprint density at radius 2 is 1.80 bits per heavy atom. The highest BCUT2D eigenvalue weighted by Crippen LogP contribution is 2.44. The molecule has 0 bridgehead atoms. The smallest absolute Gasteiger partial charge is 0.261 e. The second kappa shape index (κ2) is 12.7. The molecular weight excluding hydrogens is 559 g/mol. The third-order valence-corrected chi connectivity index (χ3v) is 14.0. The van der Waals surface area contributed by atoms with Crippen LogP contribution in [0.3, 0.4) is 0 Å². The maximum Gasteiger partial charge on any atom is 0.261 e. The fourth-order valence-electron chi connectivity index (χ4n) is 5.94. The van der Waals surface area contributed by atoms with E-state index < -0.39 is 8.32 Å². The van der Waals surface area contributed by atoms with Crippen LogP contribution in [0.25, 0.3) is 16.8 Å². The average Bonchev–Trinajstić information content (AvgIpc) is 3.38. The van der Waals surface area contributed by atoms with Crippen molar-refractivity contribution in [2.24, 2.45) is 0 Å². The van der Waals surface area contributed by atoms with Crippen molar-refractivity contribution in [3.8, 4) is 22.9 Å². The molecule has 5 rings (SSSR count). The van der Waals surface area contributed by atoms with E-state index in [0.29, 0.717) is 17.8 Å². The van der Waals surface area contributed by atoms with Crippen LogP contribution in [0.5, 0.6) is 0 Å². The van der Waals surface area contributed by atoms with Crippen molar-refractivity contribution < 1.29 is 4.43 Å². The summed E-state index contributed by atoms with van der Waals surface area (Å²) in [4.78, 5) is 19.4. The average molecular weight is 604 g/mol. The lowest BCUT2D eigenvalue weighted by Gasteiger charge is -2.38. The van der Waals surface area contributed by atoms with Gasteiger partial charge < -0.3 is 4.43 Å². The van der Waals surface area contributed by atoms with Crippen LogP contribution in [0.15, 0.2) is 71.5 Å². The van der Waals surface area contributed by atoms with Gasteiger partial charge in [0.05, 0.1) is 29.1 Å². The summed E-state index contributed by atoms with van der Waals surface area (Å²) in [5.74, 6) is 0.716. The molecule has 1 aliphatic carbocycles. The monoisotopic (exact) mass is 603 g/mol. The van der Waals surface area contributed by atoms with Gasteiger partial charge in [0.15, 0.2) is 8.32 Å². The molecule has 0 fully saturated rings. The molecule has 44 heavy (non-hydrogen) atoms. The topological polar surface area (TPSA) is 67.9 Å². The van der Waals surface area contributed by atoms with Gasteiger partial charge >= 0.3 is 0 Å². The molecule has 0 N–H and O–H groups in total. The van der Waals surface area contributed by atoms with Crippen molar-refractivity contribution in [3.05, 3.63) is 116 Å². The second-order valence-electron chi connectivity index (χ2n) is 13.6. The summed E-state index contributed by atoms with van der Waals surface area (Å²) in [6, 6.07) is 24.6. The minimum Gasteiger partial charge on any atom is -0.410 e. The molecule has 0 spiro atoms. The van der Waals surface area contributed by atoms with Crippen molar-refractivity contribution in [2.45, 2.75) is 97.4 Å². The van der Waals surface area contributed by atoms with Crippen LogP contribution < -0.4 is 5.56 Å². The molecule has 1 heterocycles. The Morgan fingerprint density at radius 3 is 2.48 bits per heavy atom. The number of hydrogen-bond donors (Lipinski definition) is 0. The summed E-state index contributed by atoms with van der Waals surface area (Å²) in [6.45, 7) is 15.6. The van der Waals surface area contributed by atoms with E-state index in [-0.39, 0.29) is 16.7 Å². The number of hydrogen-bond acceptors (Lipinski definition) is 4. The number of rotatable bonds is 9. The highest BCUT2D eigenvalue weighted by Gasteiger charge is 2.40. The Bertz CT molecular complexity index is 1760. The van der Waals surface area contributed by atoms with E-state index in [1.54, 1.807) is 4.57 Å². The molecule has 0 aliphatic heterocycles. The van der Waals surface area contributed by atoms with E-state index in [1.807, 2.05) is 43.3 Å². The van der Waals surface area contributed by atoms with Crippen molar-refractivity contribution in [3.63, 3.8) is 0 Å². The van der Waals surface area contributed by atoms with Crippen LogP contribution in [0.1, 0.15) is 92.4 Å². The first kappa shape index (κ1) is 31.6. The quantitative estimate of drug-likeness (QED) is 0.179. The highest BCUT2D eigenvalue weighted by molar-refractivity contribution is 6.74. The van der Waals surface area contributed by atoms with E-state index >= 15 is 0 Å². The lowest BCUT2D eigenvalue weighted by atomic mass is 9.96. The predicted octanol–water partition coefficient (Wildman–Crippen LogP) is 9.02. The molecular formula is C38H45N3O2Si. The normalized spacial score (nSPS) is 14.8. The number of nitrogens with zero attached hydrogens (tertiary/aromatic N) is 3. The minimum absolute atomic E-state index is 0.00215. The largest absolute Gasteiger partial charge is 0.410 e. The van der Waals surface area contributed by atoms with Gasteiger partial charge in [0.25, 0.3) is 5.56 Å². The Labute approximate surface area is 263 Å². The van der Waals surface area contributed by atoms with Crippen molar-refractivity contribution in [1.29, 1.82) is 5.26 Å². The standard InChI is InChI=1S/C38H45N3O2Si/c1-8-9-14-35-34(23-27-15-17-28(18-16-27)32-13-11-10-12-30(32)25-39)37(42)41(26(2)40-35)31-21-19-29-20-22-36(33(29)24-31)43-44(6,7)38(3,4)5/h10-13,15-19,21,24,36H,8-9,14,20,22-23H2,1-7H3. The number of aromatic nitrogens is 2.